The molecule has 152 valence electrons. The fourth-order valence-electron chi connectivity index (χ4n) is 2.62. The van der Waals surface area contributed by atoms with Gasteiger partial charge in [-0.15, -0.1) is 11.3 Å². The summed E-state index contributed by atoms with van der Waals surface area (Å²) in [7, 11) is -3.41. The van der Waals surface area contributed by atoms with Gasteiger partial charge < -0.3 is 5.32 Å². The summed E-state index contributed by atoms with van der Waals surface area (Å²) < 4.78 is 24.7. The van der Waals surface area contributed by atoms with E-state index in [0.29, 0.717) is 26.4 Å². The topological polar surface area (TPSA) is 76.1 Å². The van der Waals surface area contributed by atoms with Gasteiger partial charge in [0.25, 0.3) is 0 Å². The minimum Gasteiger partial charge on any atom is -0.302 e. The van der Waals surface area contributed by atoms with Gasteiger partial charge in [0.2, 0.25) is 5.91 Å². The summed E-state index contributed by atoms with van der Waals surface area (Å²) in [4.78, 5) is 16.8. The Bertz CT molecular complexity index is 1130. The Balaban J connectivity index is 1.56. The number of nitrogens with zero attached hydrogens (tertiary/aromatic N) is 1. The summed E-state index contributed by atoms with van der Waals surface area (Å²) in [5.41, 5.74) is 2.28. The first-order chi connectivity index (χ1) is 13.7. The Kier molecular flexibility index (Phi) is 6.95. The number of amides is 1. The molecule has 0 aliphatic carbocycles. The Morgan fingerprint density at radius 1 is 1.14 bits per heavy atom. The van der Waals surface area contributed by atoms with Crippen LogP contribution in [-0.4, -0.2) is 25.1 Å². The predicted molar refractivity (Wildman–Crippen MR) is 119 cm³/mol. The molecule has 0 aliphatic rings. The van der Waals surface area contributed by atoms with Crippen LogP contribution in [0, 0.1) is 6.92 Å². The van der Waals surface area contributed by atoms with Crippen molar-refractivity contribution >= 4 is 55.4 Å². The number of sulfone groups is 1. The first-order valence-electron chi connectivity index (χ1n) is 8.75. The molecule has 0 spiro atoms. The zero-order valence-electron chi connectivity index (χ0n) is 15.5. The number of carbonyl (C=O) groups is 1. The van der Waals surface area contributed by atoms with Crippen LogP contribution in [0.25, 0.3) is 11.3 Å². The molecule has 9 heteroatoms. The Labute approximate surface area is 183 Å². The molecule has 1 heterocycles. The summed E-state index contributed by atoms with van der Waals surface area (Å²) in [6.07, 6.45) is 0.304. The molecule has 3 aromatic rings. The van der Waals surface area contributed by atoms with Crippen molar-refractivity contribution in [2.24, 2.45) is 0 Å². The lowest BCUT2D eigenvalue weighted by Gasteiger charge is -2.05. The molecule has 5 nitrogen and oxygen atoms in total. The van der Waals surface area contributed by atoms with Gasteiger partial charge >= 0.3 is 0 Å². The van der Waals surface area contributed by atoms with Crippen molar-refractivity contribution in [3.8, 4) is 11.3 Å². The lowest BCUT2D eigenvalue weighted by molar-refractivity contribution is -0.116. The third kappa shape index (κ3) is 5.79. The fourth-order valence-corrected chi connectivity index (χ4v) is 5.04. The highest BCUT2D eigenvalue weighted by atomic mass is 35.5. The second-order valence-corrected chi connectivity index (χ2v) is 10.3. The van der Waals surface area contributed by atoms with Gasteiger partial charge in [-0.25, -0.2) is 13.4 Å². The van der Waals surface area contributed by atoms with Crippen molar-refractivity contribution < 1.29 is 13.2 Å². The van der Waals surface area contributed by atoms with Crippen molar-refractivity contribution in [3.63, 3.8) is 0 Å². The molecule has 29 heavy (non-hydrogen) atoms. The number of hydrogen-bond acceptors (Lipinski definition) is 5. The molecule has 0 saturated carbocycles. The van der Waals surface area contributed by atoms with Crippen molar-refractivity contribution in [2.45, 2.75) is 24.7 Å². The second-order valence-electron chi connectivity index (χ2n) is 6.45. The van der Waals surface area contributed by atoms with E-state index >= 15 is 0 Å². The average Bonchev–Trinajstić information content (AvgIpc) is 3.12. The standard InChI is InChI=1S/C20H18Cl2N2O3S2/c1-13-4-7-15(8-5-13)29(26,27)10-2-3-19(25)24-20-23-18(12-28-20)16-11-14(21)6-9-17(16)22/h4-9,11-12H,2-3,10H2,1H3,(H,23,24,25). The predicted octanol–water partition coefficient (Wildman–Crippen LogP) is 5.62. The van der Waals surface area contributed by atoms with Gasteiger partial charge in [0.05, 0.1) is 21.4 Å². The number of rotatable bonds is 7. The maximum atomic E-state index is 12.3. The van der Waals surface area contributed by atoms with E-state index in [9.17, 15) is 13.2 Å². The van der Waals surface area contributed by atoms with E-state index in [0.717, 1.165) is 5.56 Å². The van der Waals surface area contributed by atoms with E-state index in [1.807, 2.05) is 6.92 Å². The summed E-state index contributed by atoms with van der Waals surface area (Å²) in [6.45, 7) is 1.89. The van der Waals surface area contributed by atoms with Gasteiger partial charge in [-0.05, 0) is 43.7 Å². The quantitative estimate of drug-likeness (QED) is 0.488. The van der Waals surface area contributed by atoms with E-state index in [2.05, 4.69) is 10.3 Å². The number of aryl methyl sites for hydroxylation is 1. The van der Waals surface area contributed by atoms with Crippen LogP contribution in [0.15, 0.2) is 52.7 Å². The molecular formula is C20H18Cl2N2O3S2. The number of nitrogens with one attached hydrogen (secondary N) is 1. The Morgan fingerprint density at radius 2 is 1.86 bits per heavy atom. The number of thiazole rings is 1. The summed E-state index contributed by atoms with van der Waals surface area (Å²) >= 11 is 13.4. The maximum absolute atomic E-state index is 12.3. The van der Waals surface area contributed by atoms with E-state index in [4.69, 9.17) is 23.2 Å². The largest absolute Gasteiger partial charge is 0.302 e. The average molecular weight is 469 g/mol. The number of carbonyl (C=O) groups excluding carboxylic acids is 1. The number of benzene rings is 2. The van der Waals surface area contributed by atoms with E-state index in [1.54, 1.807) is 47.8 Å². The molecule has 1 amide bonds. The maximum Gasteiger partial charge on any atom is 0.226 e. The highest BCUT2D eigenvalue weighted by molar-refractivity contribution is 7.91. The Hall–Kier alpha value is -1.93. The molecule has 0 radical (unpaired) electrons. The third-order valence-corrected chi connectivity index (χ3v) is 7.29. The van der Waals surface area contributed by atoms with Gasteiger partial charge in [-0.2, -0.15) is 0 Å². The lowest BCUT2D eigenvalue weighted by atomic mass is 10.2. The minimum atomic E-state index is -3.41. The molecule has 1 N–H and O–H groups in total. The van der Waals surface area contributed by atoms with Gasteiger partial charge in [-0.1, -0.05) is 40.9 Å². The second kappa shape index (κ2) is 9.26. The first-order valence-corrected chi connectivity index (χ1v) is 12.0. The molecule has 0 atom stereocenters. The normalized spacial score (nSPS) is 11.4. The van der Waals surface area contributed by atoms with E-state index < -0.39 is 9.84 Å². The van der Waals surface area contributed by atoms with Gasteiger partial charge in [0.15, 0.2) is 15.0 Å². The van der Waals surface area contributed by atoms with Gasteiger partial charge in [0, 0.05) is 22.4 Å². The van der Waals surface area contributed by atoms with Crippen LogP contribution in [0.5, 0.6) is 0 Å². The summed E-state index contributed by atoms with van der Waals surface area (Å²) in [5.74, 6) is -0.382. The summed E-state index contributed by atoms with van der Waals surface area (Å²) in [5, 5.41) is 5.94. The van der Waals surface area contributed by atoms with Crippen LogP contribution in [-0.2, 0) is 14.6 Å². The molecule has 0 bridgehead atoms. The Morgan fingerprint density at radius 3 is 2.59 bits per heavy atom. The highest BCUT2D eigenvalue weighted by Crippen LogP contribution is 2.32. The molecule has 1 aromatic heterocycles. The molecule has 2 aromatic carbocycles. The number of aromatic nitrogens is 1. The zero-order valence-corrected chi connectivity index (χ0v) is 18.6. The third-order valence-electron chi connectivity index (χ3n) is 4.15. The van der Waals surface area contributed by atoms with Crippen LogP contribution in [0.2, 0.25) is 10.0 Å². The fraction of sp³-hybridized carbons (Fsp3) is 0.200. The van der Waals surface area contributed by atoms with Crippen molar-refractivity contribution in [2.75, 3.05) is 11.1 Å². The van der Waals surface area contributed by atoms with Crippen molar-refractivity contribution in [1.82, 2.24) is 4.98 Å². The van der Waals surface area contributed by atoms with Crippen molar-refractivity contribution in [3.05, 3.63) is 63.5 Å². The first kappa shape index (κ1) is 21.8. The minimum absolute atomic E-state index is 0.0813. The van der Waals surface area contributed by atoms with E-state index in [-0.39, 0.29) is 29.4 Å². The summed E-state index contributed by atoms with van der Waals surface area (Å²) in [6, 6.07) is 11.8. The molecule has 3 rings (SSSR count). The smallest absolute Gasteiger partial charge is 0.226 e. The highest BCUT2D eigenvalue weighted by Gasteiger charge is 2.16. The molecule has 0 aliphatic heterocycles. The number of halogens is 2. The van der Waals surface area contributed by atoms with Crippen LogP contribution < -0.4 is 5.32 Å². The molecule has 0 fully saturated rings. The van der Waals surface area contributed by atoms with Crippen molar-refractivity contribution in [1.29, 1.82) is 0 Å². The zero-order chi connectivity index (χ0) is 21.0. The van der Waals surface area contributed by atoms with Crippen LogP contribution >= 0.6 is 34.5 Å². The molecular weight excluding hydrogens is 451 g/mol. The lowest BCUT2D eigenvalue weighted by Crippen LogP contribution is -2.14. The van der Waals surface area contributed by atoms with Gasteiger partial charge in [0.1, 0.15) is 0 Å². The van der Waals surface area contributed by atoms with Crippen LogP contribution in [0.3, 0.4) is 0 Å². The van der Waals surface area contributed by atoms with Crippen LogP contribution in [0.4, 0.5) is 5.13 Å². The monoisotopic (exact) mass is 468 g/mol. The van der Waals surface area contributed by atoms with Gasteiger partial charge in [-0.3, -0.25) is 4.79 Å². The molecule has 0 unspecified atom stereocenters. The van der Waals surface area contributed by atoms with Crippen LogP contribution in [0.1, 0.15) is 18.4 Å². The molecule has 0 saturated heterocycles. The number of hydrogen-bond donors (Lipinski definition) is 1. The SMILES string of the molecule is Cc1ccc(S(=O)(=O)CCCC(=O)Nc2nc(-c3cc(Cl)ccc3Cl)cs2)cc1. The van der Waals surface area contributed by atoms with E-state index in [1.165, 1.54) is 11.3 Å². The number of anilines is 1.